The van der Waals surface area contributed by atoms with Crippen molar-refractivity contribution in [2.75, 3.05) is 23.4 Å². The zero-order valence-electron chi connectivity index (χ0n) is 16.5. The quantitative estimate of drug-likeness (QED) is 0.246. The summed E-state index contributed by atoms with van der Waals surface area (Å²) in [5, 5.41) is 45.3. The molecule has 0 saturated heterocycles. The highest BCUT2D eigenvalue weighted by molar-refractivity contribution is 7.46. The molecule has 1 aromatic heterocycles. The summed E-state index contributed by atoms with van der Waals surface area (Å²) in [6.45, 7) is 2.35. The summed E-state index contributed by atoms with van der Waals surface area (Å²) in [6.07, 6.45) is -5.37. The van der Waals surface area contributed by atoms with E-state index in [2.05, 4.69) is 14.8 Å². The van der Waals surface area contributed by atoms with Gasteiger partial charge in [-0.1, -0.05) is 0 Å². The molecule has 3 rings (SSSR count). The fraction of sp³-hybridized carbons (Fsp3) is 0.412. The van der Waals surface area contributed by atoms with Crippen LogP contribution in [0.5, 0.6) is 6.01 Å². The van der Waals surface area contributed by atoms with E-state index < -0.39 is 50.9 Å². The maximum Gasteiger partial charge on any atom is 0.469 e. The van der Waals surface area contributed by atoms with Gasteiger partial charge in [-0.15, -0.1) is 0 Å². The lowest BCUT2D eigenvalue weighted by molar-refractivity contribution is -0.281. The van der Waals surface area contributed by atoms with Crippen molar-refractivity contribution >= 4 is 30.7 Å². The standard InChI is InChI=1S/C17H23N4O9P/c1-7-3-9-10(4-8(7)2)21(15-13(18-9)16(25)20-17(26)19-15)5-11(22)14(24)12(23)6-30-31(27,28)29/h3-4,11-12,14,18,22-24H,5-6H2,1-2H3,(H2,27,28,29)(H2,19,20,25,26)/p-1/t11-,12+,14-/m0/s1. The molecule has 170 valence electrons. The number of phosphoric ester groups is 1. The van der Waals surface area contributed by atoms with E-state index in [1.54, 1.807) is 12.1 Å². The van der Waals surface area contributed by atoms with Crippen molar-refractivity contribution in [1.29, 1.82) is 0 Å². The molecule has 1 aliphatic heterocycles. The topological polar surface area (TPSA) is 212 Å². The van der Waals surface area contributed by atoms with Crippen LogP contribution in [0, 0.1) is 13.8 Å². The summed E-state index contributed by atoms with van der Waals surface area (Å²) in [5.74, 6) is -0.0864. The number of aryl methyl sites for hydroxylation is 2. The second-order valence-corrected chi connectivity index (χ2v) is 8.41. The molecule has 0 saturated carbocycles. The van der Waals surface area contributed by atoms with Gasteiger partial charge in [-0.3, -0.25) is 9.32 Å². The van der Waals surface area contributed by atoms with Crippen LogP contribution in [0.15, 0.2) is 16.9 Å². The zero-order chi connectivity index (χ0) is 23.1. The van der Waals surface area contributed by atoms with Crippen LogP contribution < -0.4 is 20.9 Å². The fourth-order valence-corrected chi connectivity index (χ4v) is 3.48. The molecule has 2 heterocycles. The normalized spacial score (nSPS) is 16.2. The van der Waals surface area contributed by atoms with E-state index in [9.17, 15) is 29.8 Å². The molecule has 3 atom stereocenters. The number of aliphatic hydroxyl groups excluding tert-OH is 3. The maximum absolute atomic E-state index is 12.3. The Morgan fingerprint density at radius 3 is 2.48 bits per heavy atom. The van der Waals surface area contributed by atoms with Gasteiger partial charge in [-0.2, -0.15) is 0 Å². The Morgan fingerprint density at radius 2 is 1.84 bits per heavy atom. The summed E-state index contributed by atoms with van der Waals surface area (Å²) < 4.78 is 14.9. The fourth-order valence-electron chi connectivity index (χ4n) is 3.13. The third-order valence-corrected chi connectivity index (χ3v) is 5.35. The molecule has 0 aliphatic carbocycles. The zero-order valence-corrected chi connectivity index (χ0v) is 17.4. The second kappa shape index (κ2) is 8.55. The molecule has 0 bridgehead atoms. The third kappa shape index (κ3) is 5.05. The van der Waals surface area contributed by atoms with Crippen molar-refractivity contribution in [2.24, 2.45) is 0 Å². The van der Waals surface area contributed by atoms with Gasteiger partial charge in [0, 0.05) is 0 Å². The minimum Gasteiger partial charge on any atom is -0.846 e. The molecule has 0 radical (unpaired) electrons. The number of phosphoric acid groups is 1. The van der Waals surface area contributed by atoms with Crippen LogP contribution in [0.25, 0.3) is 0 Å². The molecule has 14 heteroatoms. The van der Waals surface area contributed by atoms with Crippen LogP contribution in [0.2, 0.25) is 0 Å². The largest absolute Gasteiger partial charge is 0.846 e. The molecule has 13 nitrogen and oxygen atoms in total. The van der Waals surface area contributed by atoms with Crippen LogP contribution in [-0.2, 0) is 9.09 Å². The van der Waals surface area contributed by atoms with Crippen molar-refractivity contribution in [1.82, 2.24) is 9.97 Å². The van der Waals surface area contributed by atoms with Crippen molar-refractivity contribution in [2.45, 2.75) is 32.2 Å². The number of aromatic amines is 1. The Hall–Kier alpha value is -2.51. The number of rotatable bonds is 7. The number of β-amino-alcohol motifs (C(OH)–C–C–N with tert-alkyl or cyclic N) is 1. The number of aromatic nitrogens is 2. The van der Waals surface area contributed by atoms with Crippen molar-refractivity contribution < 1.29 is 39.3 Å². The molecular formula is C17H22N4O9P-. The number of hydrogen-bond donors (Lipinski definition) is 7. The Labute approximate surface area is 175 Å². The first-order chi connectivity index (χ1) is 14.4. The SMILES string of the molecule is Cc1cc2c(cc1C)N(C[C@H](O)[C@H](O)[C@H](O)COP(=O)(O)O)c1nc([O-])[nH]c(=O)c1N2. The molecule has 0 spiro atoms. The van der Waals surface area contributed by atoms with Crippen LogP contribution >= 0.6 is 7.82 Å². The van der Waals surface area contributed by atoms with E-state index in [0.717, 1.165) is 11.1 Å². The van der Waals surface area contributed by atoms with E-state index in [-0.39, 0.29) is 11.5 Å². The van der Waals surface area contributed by atoms with Gasteiger partial charge in [0.15, 0.2) is 5.82 Å². The Bertz CT molecular complexity index is 1090. The Balaban J connectivity index is 1.94. The van der Waals surface area contributed by atoms with Gasteiger partial charge in [-0.05, 0) is 37.1 Å². The Kier molecular flexibility index (Phi) is 6.39. The number of fused-ring (bicyclic) bond motifs is 2. The first-order valence-corrected chi connectivity index (χ1v) is 10.6. The molecule has 1 aliphatic rings. The number of aliphatic hydroxyl groups is 3. The maximum atomic E-state index is 12.3. The monoisotopic (exact) mass is 457 g/mol. The van der Waals surface area contributed by atoms with Gasteiger partial charge in [0.25, 0.3) is 5.56 Å². The summed E-state index contributed by atoms with van der Waals surface area (Å²) in [6, 6.07) is 2.59. The van der Waals surface area contributed by atoms with Gasteiger partial charge in [0.1, 0.15) is 24.0 Å². The van der Waals surface area contributed by atoms with Gasteiger partial charge in [0.05, 0.1) is 30.5 Å². The molecule has 0 fully saturated rings. The highest BCUT2D eigenvalue weighted by atomic mass is 31.2. The second-order valence-electron chi connectivity index (χ2n) is 7.17. The number of anilines is 4. The van der Waals surface area contributed by atoms with Crippen LogP contribution in [0.1, 0.15) is 11.1 Å². The molecule has 2 aromatic rings. The highest BCUT2D eigenvalue weighted by Gasteiger charge is 2.33. The summed E-state index contributed by atoms with van der Waals surface area (Å²) in [7, 11) is -4.89. The van der Waals surface area contributed by atoms with Crippen LogP contribution in [-0.4, -0.2) is 66.5 Å². The Morgan fingerprint density at radius 1 is 1.19 bits per heavy atom. The van der Waals surface area contributed by atoms with Crippen LogP contribution in [0.3, 0.4) is 0 Å². The molecule has 0 amide bonds. The molecule has 1 aromatic carbocycles. The number of benzene rings is 1. The van der Waals surface area contributed by atoms with Gasteiger partial charge < -0.3 is 45.4 Å². The minimum absolute atomic E-state index is 0.0394. The van der Waals surface area contributed by atoms with E-state index in [4.69, 9.17) is 9.79 Å². The molecule has 31 heavy (non-hydrogen) atoms. The number of nitrogens with zero attached hydrogens (tertiary/aromatic N) is 2. The molecule has 7 N–H and O–H groups in total. The summed E-state index contributed by atoms with van der Waals surface area (Å²) in [5.41, 5.74) is 1.96. The number of nitrogens with one attached hydrogen (secondary N) is 2. The van der Waals surface area contributed by atoms with Crippen molar-refractivity contribution in [3.05, 3.63) is 33.6 Å². The number of H-pyrrole nitrogens is 1. The van der Waals surface area contributed by atoms with E-state index in [0.29, 0.717) is 11.4 Å². The van der Waals surface area contributed by atoms with Crippen molar-refractivity contribution in [3.63, 3.8) is 0 Å². The molecule has 0 unspecified atom stereocenters. The van der Waals surface area contributed by atoms with E-state index in [1.165, 1.54) is 4.90 Å². The average molecular weight is 457 g/mol. The summed E-state index contributed by atoms with van der Waals surface area (Å²) >= 11 is 0. The van der Waals surface area contributed by atoms with Gasteiger partial charge in [-0.25, -0.2) is 9.55 Å². The van der Waals surface area contributed by atoms with Gasteiger partial charge >= 0.3 is 7.82 Å². The van der Waals surface area contributed by atoms with Gasteiger partial charge in [0.2, 0.25) is 0 Å². The lowest BCUT2D eigenvalue weighted by Crippen LogP contribution is -2.46. The van der Waals surface area contributed by atoms with Crippen molar-refractivity contribution in [3.8, 4) is 6.01 Å². The third-order valence-electron chi connectivity index (χ3n) is 4.87. The van der Waals surface area contributed by atoms with Crippen LogP contribution in [0.4, 0.5) is 22.9 Å². The average Bonchev–Trinajstić information content (AvgIpc) is 2.67. The van der Waals surface area contributed by atoms with E-state index >= 15 is 0 Å². The lowest BCUT2D eigenvalue weighted by Gasteiger charge is -2.36. The minimum atomic E-state index is -4.89. The highest BCUT2D eigenvalue weighted by Crippen LogP contribution is 2.42. The predicted octanol–water partition coefficient (Wildman–Crippen LogP) is -1.15. The molecular weight excluding hydrogens is 435 g/mol. The smallest absolute Gasteiger partial charge is 0.469 e. The first kappa shape index (κ1) is 23.2. The summed E-state index contributed by atoms with van der Waals surface area (Å²) in [4.78, 5) is 36.9. The lowest BCUT2D eigenvalue weighted by atomic mass is 10.0. The van der Waals surface area contributed by atoms with E-state index in [1.807, 2.05) is 18.8 Å². The predicted molar refractivity (Wildman–Crippen MR) is 107 cm³/mol. The number of hydrogen-bond acceptors (Lipinski definition) is 10. The first-order valence-electron chi connectivity index (χ1n) is 9.09.